The molecule has 0 fully saturated rings. The first-order valence-electron chi connectivity index (χ1n) is 11.9. The van der Waals surface area contributed by atoms with Crippen LogP contribution < -0.4 is 4.74 Å². The summed E-state index contributed by atoms with van der Waals surface area (Å²) in [4.78, 5) is 2.19. The van der Waals surface area contributed by atoms with E-state index in [2.05, 4.69) is 25.7 Å². The van der Waals surface area contributed by atoms with Crippen LogP contribution in [0.2, 0.25) is 0 Å². The predicted octanol–water partition coefficient (Wildman–Crippen LogP) is 5.26. The number of ether oxygens (including phenoxy) is 2. The largest absolute Gasteiger partial charge is 0.439 e. The molecular formula is C27H36FN3O3. The summed E-state index contributed by atoms with van der Waals surface area (Å²) < 4.78 is 27.3. The van der Waals surface area contributed by atoms with Crippen LogP contribution in [-0.4, -0.2) is 52.2 Å². The summed E-state index contributed by atoms with van der Waals surface area (Å²) in [5.41, 5.74) is 2.67. The van der Waals surface area contributed by atoms with Gasteiger partial charge in [0, 0.05) is 38.4 Å². The first kappa shape index (κ1) is 25.9. The van der Waals surface area contributed by atoms with Crippen molar-refractivity contribution >= 4 is 0 Å². The van der Waals surface area contributed by atoms with Crippen molar-refractivity contribution in [2.75, 3.05) is 26.3 Å². The molecule has 0 bridgehead atoms. The minimum Gasteiger partial charge on any atom is -0.439 e. The normalized spacial score (nSPS) is 12.5. The van der Waals surface area contributed by atoms with Gasteiger partial charge in [0.1, 0.15) is 17.3 Å². The van der Waals surface area contributed by atoms with Crippen molar-refractivity contribution < 1.29 is 19.0 Å². The van der Waals surface area contributed by atoms with Gasteiger partial charge in [-0.1, -0.05) is 57.2 Å². The Morgan fingerprint density at radius 2 is 1.85 bits per heavy atom. The van der Waals surface area contributed by atoms with E-state index in [9.17, 15) is 9.50 Å². The van der Waals surface area contributed by atoms with Crippen LogP contribution >= 0.6 is 0 Å². The van der Waals surface area contributed by atoms with Crippen LogP contribution in [0, 0.1) is 11.7 Å². The summed E-state index contributed by atoms with van der Waals surface area (Å²) in [6.45, 7) is 8.99. The van der Waals surface area contributed by atoms with E-state index in [-0.39, 0.29) is 5.82 Å². The number of aryl methyl sites for hydroxylation is 1. The van der Waals surface area contributed by atoms with E-state index in [1.165, 1.54) is 12.1 Å². The van der Waals surface area contributed by atoms with Crippen LogP contribution in [0.4, 0.5) is 4.39 Å². The zero-order valence-corrected chi connectivity index (χ0v) is 20.6. The second kappa shape index (κ2) is 12.6. The third-order valence-corrected chi connectivity index (χ3v) is 5.30. The highest BCUT2D eigenvalue weighted by Gasteiger charge is 2.23. The molecule has 0 unspecified atom stereocenters. The van der Waals surface area contributed by atoms with Crippen molar-refractivity contribution in [3.8, 4) is 22.9 Å². The quantitative estimate of drug-likeness (QED) is 0.370. The molecule has 0 saturated heterocycles. The van der Waals surface area contributed by atoms with Crippen LogP contribution in [0.5, 0.6) is 11.6 Å². The summed E-state index contributed by atoms with van der Waals surface area (Å²) in [6, 6.07) is 16.0. The van der Waals surface area contributed by atoms with Crippen molar-refractivity contribution in [2.45, 2.75) is 39.8 Å². The number of aliphatic hydroxyl groups excluding tert-OH is 1. The number of hydrogen-bond donors (Lipinski definition) is 1. The van der Waals surface area contributed by atoms with E-state index in [0.29, 0.717) is 43.9 Å². The summed E-state index contributed by atoms with van der Waals surface area (Å²) in [7, 11) is 1.82. The maximum absolute atomic E-state index is 13.8. The van der Waals surface area contributed by atoms with E-state index >= 15 is 0 Å². The van der Waals surface area contributed by atoms with E-state index in [1.54, 1.807) is 16.8 Å². The Labute approximate surface area is 201 Å². The lowest BCUT2D eigenvalue weighted by molar-refractivity contribution is 0.00685. The van der Waals surface area contributed by atoms with E-state index < -0.39 is 6.10 Å². The first-order valence-corrected chi connectivity index (χ1v) is 11.9. The van der Waals surface area contributed by atoms with Gasteiger partial charge in [-0.15, -0.1) is 0 Å². The molecule has 1 atom stereocenters. The molecule has 184 valence electrons. The van der Waals surface area contributed by atoms with Gasteiger partial charge < -0.3 is 14.6 Å². The highest BCUT2D eigenvalue weighted by molar-refractivity contribution is 5.65. The van der Waals surface area contributed by atoms with Crippen molar-refractivity contribution in [3.05, 3.63) is 66.0 Å². The molecule has 34 heavy (non-hydrogen) atoms. The fourth-order valence-electron chi connectivity index (χ4n) is 3.86. The fraction of sp³-hybridized carbons (Fsp3) is 0.444. The molecule has 7 heteroatoms. The maximum atomic E-state index is 13.8. The molecule has 2 aromatic carbocycles. The van der Waals surface area contributed by atoms with Crippen LogP contribution in [0.15, 0.2) is 54.6 Å². The molecule has 1 N–H and O–H groups in total. The van der Waals surface area contributed by atoms with Gasteiger partial charge >= 0.3 is 0 Å². The Kier molecular flexibility index (Phi) is 9.62. The van der Waals surface area contributed by atoms with Crippen LogP contribution in [0.3, 0.4) is 0 Å². The Morgan fingerprint density at radius 1 is 1.09 bits per heavy atom. The van der Waals surface area contributed by atoms with Gasteiger partial charge in [0.25, 0.3) is 0 Å². The zero-order chi connectivity index (χ0) is 24.5. The molecule has 0 saturated carbocycles. The van der Waals surface area contributed by atoms with Gasteiger partial charge in [-0.25, -0.2) is 9.07 Å². The fourth-order valence-corrected chi connectivity index (χ4v) is 3.86. The topological polar surface area (TPSA) is 59.8 Å². The molecule has 3 aromatic rings. The van der Waals surface area contributed by atoms with Crippen molar-refractivity contribution in [3.63, 3.8) is 0 Å². The number of nitrogens with zero attached hydrogens (tertiary/aromatic N) is 3. The summed E-state index contributed by atoms with van der Waals surface area (Å²) in [6.07, 6.45) is 0.329. The zero-order valence-electron chi connectivity index (χ0n) is 20.6. The molecule has 1 aromatic heterocycles. The number of halogens is 1. The Morgan fingerprint density at radius 3 is 2.53 bits per heavy atom. The average molecular weight is 470 g/mol. The van der Waals surface area contributed by atoms with Gasteiger partial charge in [0.05, 0.1) is 18.3 Å². The van der Waals surface area contributed by atoms with Crippen LogP contribution in [-0.2, 0) is 18.3 Å². The minimum absolute atomic E-state index is 0.295. The molecule has 0 aliphatic carbocycles. The van der Waals surface area contributed by atoms with Gasteiger partial charge in [-0.3, -0.25) is 4.90 Å². The predicted molar refractivity (Wildman–Crippen MR) is 132 cm³/mol. The van der Waals surface area contributed by atoms with Gasteiger partial charge in [-0.2, -0.15) is 5.10 Å². The van der Waals surface area contributed by atoms with Crippen molar-refractivity contribution in [2.24, 2.45) is 13.0 Å². The van der Waals surface area contributed by atoms with Crippen molar-refractivity contribution in [1.29, 1.82) is 0 Å². The Bertz CT molecular complexity index is 1020. The Hall–Kier alpha value is -2.74. The average Bonchev–Trinajstić information content (AvgIpc) is 3.09. The lowest BCUT2D eigenvalue weighted by atomic mass is 10.1. The molecule has 0 amide bonds. The second-order valence-electron chi connectivity index (χ2n) is 9.00. The van der Waals surface area contributed by atoms with E-state index in [0.717, 1.165) is 29.8 Å². The van der Waals surface area contributed by atoms with Gasteiger partial charge in [0.15, 0.2) is 0 Å². The molecule has 0 aliphatic rings. The third kappa shape index (κ3) is 7.38. The molecule has 0 spiro atoms. The highest BCUT2D eigenvalue weighted by Crippen LogP contribution is 2.34. The second-order valence-corrected chi connectivity index (χ2v) is 9.00. The lowest BCUT2D eigenvalue weighted by Crippen LogP contribution is -2.35. The minimum atomic E-state index is -0.602. The Balaban J connectivity index is 1.89. The third-order valence-electron chi connectivity index (χ3n) is 5.30. The molecule has 0 radical (unpaired) electrons. The summed E-state index contributed by atoms with van der Waals surface area (Å²) in [5, 5.41) is 15.3. The number of hydrogen-bond acceptors (Lipinski definition) is 5. The van der Waals surface area contributed by atoms with Gasteiger partial charge in [0.2, 0.25) is 5.88 Å². The highest BCUT2D eigenvalue weighted by atomic mass is 19.1. The smallest absolute Gasteiger partial charge is 0.222 e. The van der Waals surface area contributed by atoms with Gasteiger partial charge in [-0.05, 0) is 31.0 Å². The number of benzene rings is 2. The summed E-state index contributed by atoms with van der Waals surface area (Å²) in [5.74, 6) is 1.02. The monoisotopic (exact) mass is 469 g/mol. The first-order chi connectivity index (χ1) is 16.4. The number of aliphatic hydroxyl groups is 1. The standard InChI is InChI=1S/C27H36FN3O3/c1-5-14-31(16-23(32)19-33-18-20(2)3)17-25-26(21-10-7-6-8-11-21)29-30(4)27(25)34-24-13-9-12-22(28)15-24/h6-13,15,20,23,32H,5,14,16-19H2,1-4H3/t23-/m1/s1. The number of aromatic nitrogens is 2. The SMILES string of the molecule is CCCN(Cc1c(-c2ccccc2)nn(C)c1Oc1cccc(F)c1)C[C@@H](O)COCC(C)C. The molecule has 1 heterocycles. The van der Waals surface area contributed by atoms with E-state index in [4.69, 9.17) is 14.6 Å². The molecule has 3 rings (SSSR count). The lowest BCUT2D eigenvalue weighted by Gasteiger charge is -2.25. The number of rotatable bonds is 13. The molecule has 0 aliphatic heterocycles. The van der Waals surface area contributed by atoms with Crippen molar-refractivity contribution in [1.82, 2.24) is 14.7 Å². The molecule has 6 nitrogen and oxygen atoms in total. The van der Waals surface area contributed by atoms with E-state index in [1.807, 2.05) is 37.4 Å². The molecular weight excluding hydrogens is 433 g/mol. The van der Waals surface area contributed by atoms with Crippen LogP contribution in [0.25, 0.3) is 11.3 Å². The summed E-state index contributed by atoms with van der Waals surface area (Å²) >= 11 is 0. The maximum Gasteiger partial charge on any atom is 0.222 e. The van der Waals surface area contributed by atoms with Crippen LogP contribution in [0.1, 0.15) is 32.8 Å².